The summed E-state index contributed by atoms with van der Waals surface area (Å²) in [6.07, 6.45) is 0.0524. The normalized spacial score (nSPS) is 17.2. The number of ether oxygens (including phenoxy) is 1. The van der Waals surface area contributed by atoms with Gasteiger partial charge in [0.1, 0.15) is 11.9 Å². The minimum Gasteiger partial charge on any atom is -0.492 e. The summed E-state index contributed by atoms with van der Waals surface area (Å²) in [4.78, 5) is 2.80. The summed E-state index contributed by atoms with van der Waals surface area (Å²) in [5, 5.41) is 29.0. The molecular formula is C23H22F2N4O2S. The van der Waals surface area contributed by atoms with Gasteiger partial charge in [0.2, 0.25) is 0 Å². The molecule has 2 aromatic carbocycles. The lowest BCUT2D eigenvalue weighted by Gasteiger charge is -2.33. The number of hydrogen-bond acceptors (Lipinski definition) is 5. The summed E-state index contributed by atoms with van der Waals surface area (Å²) in [5.74, 6) is -1.52. The van der Waals surface area contributed by atoms with E-state index in [2.05, 4.69) is 0 Å². The van der Waals surface area contributed by atoms with Gasteiger partial charge in [-0.3, -0.25) is 4.90 Å². The van der Waals surface area contributed by atoms with Gasteiger partial charge in [-0.25, -0.2) is 8.78 Å². The van der Waals surface area contributed by atoms with Gasteiger partial charge < -0.3 is 14.7 Å². The van der Waals surface area contributed by atoms with Crippen molar-refractivity contribution in [1.29, 1.82) is 10.5 Å². The topological polar surface area (TPSA) is 83.5 Å². The van der Waals surface area contributed by atoms with Crippen LogP contribution in [0.3, 0.4) is 0 Å². The molecule has 1 heterocycles. The van der Waals surface area contributed by atoms with Crippen molar-refractivity contribution in [3.05, 3.63) is 53.1 Å². The highest BCUT2D eigenvalue weighted by Gasteiger charge is 2.51. The molecule has 0 radical (unpaired) electrons. The molecule has 1 atom stereocenters. The van der Waals surface area contributed by atoms with Gasteiger partial charge in [0.15, 0.2) is 22.9 Å². The first-order valence-corrected chi connectivity index (χ1v) is 10.3. The van der Waals surface area contributed by atoms with Crippen LogP contribution in [0.1, 0.15) is 37.8 Å². The molecular weight excluding hydrogens is 434 g/mol. The maximum atomic E-state index is 15.2. The van der Waals surface area contributed by atoms with E-state index in [-0.39, 0.29) is 22.1 Å². The molecule has 1 fully saturated rings. The molecule has 3 rings (SSSR count). The number of nitrogens with zero attached hydrogens (tertiary/aromatic N) is 4. The Morgan fingerprint density at radius 2 is 1.94 bits per heavy atom. The highest BCUT2D eigenvalue weighted by atomic mass is 32.1. The third kappa shape index (κ3) is 3.86. The first kappa shape index (κ1) is 23.4. The minimum atomic E-state index is -1.26. The standard InChI is InChI=1S/C23H22F2N4O2S/c1-23(2)21(30)28(18-10-8-15(13-27)20(31-3)19(18)25)22(32)29(23)16-9-7-14(17(24)12-16)6-4-5-11-26/h7-10,12,21,30H,4-6H2,1-3H3. The van der Waals surface area contributed by atoms with Crippen molar-refractivity contribution in [3.63, 3.8) is 0 Å². The molecule has 32 heavy (non-hydrogen) atoms. The second-order valence-electron chi connectivity index (χ2n) is 7.89. The largest absolute Gasteiger partial charge is 0.492 e. The van der Waals surface area contributed by atoms with E-state index in [9.17, 15) is 14.8 Å². The van der Waals surface area contributed by atoms with Gasteiger partial charge in [-0.05, 0) is 68.7 Å². The molecule has 1 aliphatic heterocycles. The Labute approximate surface area is 190 Å². The van der Waals surface area contributed by atoms with Crippen molar-refractivity contribution < 1.29 is 18.6 Å². The van der Waals surface area contributed by atoms with E-state index >= 15 is 4.39 Å². The van der Waals surface area contributed by atoms with Crippen LogP contribution in [0.15, 0.2) is 30.3 Å². The van der Waals surface area contributed by atoms with Gasteiger partial charge in [0, 0.05) is 12.1 Å². The van der Waals surface area contributed by atoms with Crippen LogP contribution in [0.5, 0.6) is 5.75 Å². The minimum absolute atomic E-state index is 0.0125. The van der Waals surface area contributed by atoms with E-state index < -0.39 is 23.4 Å². The number of aliphatic hydroxyl groups is 1. The maximum absolute atomic E-state index is 15.2. The monoisotopic (exact) mass is 456 g/mol. The summed E-state index contributed by atoms with van der Waals surface area (Å²) in [6, 6.07) is 11.3. The lowest BCUT2D eigenvalue weighted by atomic mass is 10.0. The number of hydrogen-bond donors (Lipinski definition) is 1. The fourth-order valence-electron chi connectivity index (χ4n) is 3.82. The fraction of sp³-hybridized carbons (Fsp3) is 0.348. The van der Waals surface area contributed by atoms with Crippen molar-refractivity contribution in [1.82, 2.24) is 0 Å². The third-order valence-corrected chi connectivity index (χ3v) is 5.92. The van der Waals surface area contributed by atoms with Crippen molar-refractivity contribution in [2.75, 3.05) is 16.9 Å². The molecule has 0 aliphatic carbocycles. The number of aliphatic hydroxyl groups excluding tert-OH is 1. The first-order valence-electron chi connectivity index (χ1n) is 9.92. The quantitative estimate of drug-likeness (QED) is 0.510. The van der Waals surface area contributed by atoms with Crippen molar-refractivity contribution in [3.8, 4) is 17.9 Å². The molecule has 1 unspecified atom stereocenters. The van der Waals surface area contributed by atoms with E-state index in [4.69, 9.17) is 22.2 Å². The lowest BCUT2D eigenvalue weighted by molar-refractivity contribution is 0.129. The average Bonchev–Trinajstić information content (AvgIpc) is 2.93. The lowest BCUT2D eigenvalue weighted by Crippen LogP contribution is -2.47. The summed E-state index contributed by atoms with van der Waals surface area (Å²) in [7, 11) is 1.25. The number of halogens is 2. The van der Waals surface area contributed by atoms with E-state index in [0.717, 1.165) is 0 Å². The smallest absolute Gasteiger partial charge is 0.190 e. The maximum Gasteiger partial charge on any atom is 0.190 e. The predicted molar refractivity (Wildman–Crippen MR) is 120 cm³/mol. The average molecular weight is 457 g/mol. The zero-order chi connectivity index (χ0) is 23.6. The highest BCUT2D eigenvalue weighted by molar-refractivity contribution is 7.80. The van der Waals surface area contributed by atoms with Crippen molar-refractivity contribution >= 4 is 28.7 Å². The summed E-state index contributed by atoms with van der Waals surface area (Å²) >= 11 is 5.58. The van der Waals surface area contributed by atoms with Gasteiger partial charge >= 0.3 is 0 Å². The van der Waals surface area contributed by atoms with E-state index in [1.807, 2.05) is 12.1 Å². The number of methoxy groups -OCH3 is 1. The van der Waals surface area contributed by atoms with Crippen LogP contribution in [0.25, 0.3) is 0 Å². The number of nitriles is 2. The molecule has 0 spiro atoms. The van der Waals surface area contributed by atoms with Gasteiger partial charge in [0.05, 0.1) is 30.0 Å². The SMILES string of the molecule is COc1c(C#N)ccc(N2C(=S)N(c3ccc(CCCC#N)c(F)c3)C(C)(C)C2O)c1F. The van der Waals surface area contributed by atoms with Crippen LogP contribution in [0.4, 0.5) is 20.2 Å². The van der Waals surface area contributed by atoms with Crippen LogP contribution in [0, 0.1) is 34.3 Å². The number of thiocarbonyl (C=S) groups is 1. The Balaban J connectivity index is 2.01. The van der Waals surface area contributed by atoms with Crippen molar-refractivity contribution in [2.24, 2.45) is 0 Å². The molecule has 0 bridgehead atoms. The van der Waals surface area contributed by atoms with E-state index in [1.165, 1.54) is 30.2 Å². The number of anilines is 2. The summed E-state index contributed by atoms with van der Waals surface area (Å²) < 4.78 is 35.0. The predicted octanol–water partition coefficient (Wildman–Crippen LogP) is 4.40. The van der Waals surface area contributed by atoms with Crippen LogP contribution < -0.4 is 14.5 Å². The Morgan fingerprint density at radius 1 is 1.22 bits per heavy atom. The highest BCUT2D eigenvalue weighted by Crippen LogP contribution is 2.42. The number of benzene rings is 2. The second kappa shape index (κ2) is 9.07. The molecule has 0 aromatic heterocycles. The Hall–Kier alpha value is -3.27. The number of aryl methyl sites for hydroxylation is 1. The molecule has 6 nitrogen and oxygen atoms in total. The van der Waals surface area contributed by atoms with Crippen LogP contribution in [0.2, 0.25) is 0 Å². The first-order chi connectivity index (χ1) is 15.2. The summed E-state index contributed by atoms with van der Waals surface area (Å²) in [6.45, 7) is 3.42. The molecule has 0 amide bonds. The fourth-order valence-corrected chi connectivity index (χ4v) is 4.36. The van der Waals surface area contributed by atoms with Crippen LogP contribution in [-0.4, -0.2) is 29.1 Å². The third-order valence-electron chi connectivity index (χ3n) is 5.54. The Bertz CT molecular complexity index is 1140. The summed E-state index contributed by atoms with van der Waals surface area (Å²) in [5.41, 5.74) is -0.184. The molecule has 1 saturated heterocycles. The second-order valence-corrected chi connectivity index (χ2v) is 8.26. The van der Waals surface area contributed by atoms with Gasteiger partial charge in [0.25, 0.3) is 0 Å². The molecule has 0 saturated carbocycles. The zero-order valence-electron chi connectivity index (χ0n) is 17.9. The molecule has 1 aliphatic rings. The molecule has 9 heteroatoms. The van der Waals surface area contributed by atoms with Crippen LogP contribution >= 0.6 is 12.2 Å². The zero-order valence-corrected chi connectivity index (χ0v) is 18.7. The Morgan fingerprint density at radius 3 is 2.53 bits per heavy atom. The van der Waals surface area contributed by atoms with Gasteiger partial charge in [-0.15, -0.1) is 0 Å². The molecule has 2 aromatic rings. The van der Waals surface area contributed by atoms with E-state index in [1.54, 1.807) is 30.9 Å². The van der Waals surface area contributed by atoms with Crippen molar-refractivity contribution in [2.45, 2.75) is 44.9 Å². The molecule has 166 valence electrons. The van der Waals surface area contributed by atoms with Crippen LogP contribution in [-0.2, 0) is 6.42 Å². The van der Waals surface area contributed by atoms with Gasteiger partial charge in [-0.2, -0.15) is 10.5 Å². The number of unbranched alkanes of at least 4 members (excludes halogenated alkanes) is 1. The van der Waals surface area contributed by atoms with E-state index in [0.29, 0.717) is 30.5 Å². The molecule has 1 N–H and O–H groups in total. The Kier molecular flexibility index (Phi) is 6.63. The van der Waals surface area contributed by atoms with Gasteiger partial charge in [-0.1, -0.05) is 6.07 Å². The number of rotatable bonds is 6.